The van der Waals surface area contributed by atoms with Crippen LogP contribution in [0.5, 0.6) is 5.75 Å². The zero-order valence-electron chi connectivity index (χ0n) is 18.1. The Balaban J connectivity index is 1.36. The van der Waals surface area contributed by atoms with Crippen LogP contribution in [0, 0.1) is 0 Å². The van der Waals surface area contributed by atoms with Gasteiger partial charge in [-0.25, -0.2) is 19.3 Å². The molecule has 0 saturated heterocycles. The molecular formula is C27H19N3O4. The first-order valence-corrected chi connectivity index (χ1v) is 11.1. The van der Waals surface area contributed by atoms with Crippen LogP contribution in [0.3, 0.4) is 0 Å². The summed E-state index contributed by atoms with van der Waals surface area (Å²) in [5.41, 5.74) is 3.46. The van der Waals surface area contributed by atoms with E-state index in [4.69, 9.17) is 9.15 Å². The van der Waals surface area contributed by atoms with Crippen molar-refractivity contribution in [2.24, 2.45) is 0 Å². The SMILES string of the molecule is O=C(Oc1ccc2c3c(c(=O)oc2c1)CCC3)c1nc(-c2ccccc2)n(-c2ccccc2)n1. The summed E-state index contributed by atoms with van der Waals surface area (Å²) in [6.45, 7) is 0. The molecule has 0 fully saturated rings. The number of rotatable bonds is 4. The maximum absolute atomic E-state index is 13.0. The fourth-order valence-electron chi connectivity index (χ4n) is 4.40. The van der Waals surface area contributed by atoms with Gasteiger partial charge >= 0.3 is 11.6 Å². The molecule has 0 saturated carbocycles. The van der Waals surface area contributed by atoms with E-state index in [0.717, 1.165) is 47.0 Å². The highest BCUT2D eigenvalue weighted by Crippen LogP contribution is 2.30. The lowest BCUT2D eigenvalue weighted by Crippen LogP contribution is -2.11. The number of nitrogens with zero attached hydrogens (tertiary/aromatic N) is 3. The monoisotopic (exact) mass is 449 g/mol. The number of carbonyl (C=O) groups is 1. The zero-order valence-corrected chi connectivity index (χ0v) is 18.1. The second kappa shape index (κ2) is 8.12. The molecule has 2 heterocycles. The lowest BCUT2D eigenvalue weighted by atomic mass is 10.1. The fraction of sp³-hybridized carbons (Fsp3) is 0.111. The molecule has 5 aromatic rings. The van der Waals surface area contributed by atoms with Crippen LogP contribution in [0.4, 0.5) is 0 Å². The largest absolute Gasteiger partial charge is 0.422 e. The van der Waals surface area contributed by atoms with Gasteiger partial charge in [0.1, 0.15) is 11.3 Å². The number of carbonyl (C=O) groups excluding carboxylic acids is 1. The average molecular weight is 449 g/mol. The normalized spacial score (nSPS) is 12.6. The molecule has 0 N–H and O–H groups in total. The van der Waals surface area contributed by atoms with Crippen LogP contribution in [0.1, 0.15) is 28.2 Å². The lowest BCUT2D eigenvalue weighted by molar-refractivity contribution is 0.0722. The Morgan fingerprint density at radius 2 is 1.65 bits per heavy atom. The average Bonchev–Trinajstić information content (AvgIpc) is 3.54. The van der Waals surface area contributed by atoms with Crippen LogP contribution in [-0.4, -0.2) is 20.7 Å². The van der Waals surface area contributed by atoms with Crippen molar-refractivity contribution >= 4 is 16.9 Å². The molecule has 34 heavy (non-hydrogen) atoms. The molecule has 0 atom stereocenters. The van der Waals surface area contributed by atoms with Gasteiger partial charge in [0.05, 0.1) is 5.69 Å². The van der Waals surface area contributed by atoms with Crippen molar-refractivity contribution in [3.05, 3.63) is 106 Å². The topological polar surface area (TPSA) is 87.2 Å². The van der Waals surface area contributed by atoms with Gasteiger partial charge in [0, 0.05) is 22.6 Å². The van der Waals surface area contributed by atoms with Crippen molar-refractivity contribution in [3.8, 4) is 22.8 Å². The van der Waals surface area contributed by atoms with Crippen molar-refractivity contribution in [2.75, 3.05) is 0 Å². The first-order valence-electron chi connectivity index (χ1n) is 11.1. The Bertz CT molecular complexity index is 1530. The highest BCUT2D eigenvalue weighted by Gasteiger charge is 2.22. The van der Waals surface area contributed by atoms with E-state index >= 15 is 0 Å². The van der Waals surface area contributed by atoms with Crippen molar-refractivity contribution < 1.29 is 13.9 Å². The standard InChI is InChI=1S/C27H19N3O4/c31-26-22-13-7-12-20(22)21-15-14-19(16-23(21)34-26)33-27(32)24-28-25(17-8-3-1-4-9-17)30(29-24)18-10-5-2-6-11-18/h1-6,8-11,14-16H,7,12-13H2. The second-order valence-corrected chi connectivity index (χ2v) is 8.12. The van der Waals surface area contributed by atoms with Gasteiger partial charge in [0.15, 0.2) is 5.82 Å². The molecule has 166 valence electrons. The number of para-hydroxylation sites is 1. The molecule has 6 rings (SSSR count). The van der Waals surface area contributed by atoms with Crippen molar-refractivity contribution in [2.45, 2.75) is 19.3 Å². The van der Waals surface area contributed by atoms with E-state index in [0.29, 0.717) is 11.4 Å². The quantitative estimate of drug-likeness (QED) is 0.224. The third-order valence-electron chi connectivity index (χ3n) is 5.98. The molecule has 0 bridgehead atoms. The number of benzene rings is 3. The maximum atomic E-state index is 13.0. The van der Waals surface area contributed by atoms with Gasteiger partial charge in [-0.1, -0.05) is 48.5 Å². The van der Waals surface area contributed by atoms with Crippen LogP contribution in [0.25, 0.3) is 28.0 Å². The van der Waals surface area contributed by atoms with E-state index in [2.05, 4.69) is 10.1 Å². The van der Waals surface area contributed by atoms with Gasteiger partial charge in [-0.05, 0) is 49.1 Å². The number of aromatic nitrogens is 3. The van der Waals surface area contributed by atoms with Crippen LogP contribution >= 0.6 is 0 Å². The maximum Gasteiger partial charge on any atom is 0.383 e. The van der Waals surface area contributed by atoms with Gasteiger partial charge in [-0.3, -0.25) is 0 Å². The Hall–Kier alpha value is -4.52. The van der Waals surface area contributed by atoms with Crippen LogP contribution in [-0.2, 0) is 12.8 Å². The van der Waals surface area contributed by atoms with E-state index in [1.807, 2.05) is 66.7 Å². The Morgan fingerprint density at radius 1 is 0.912 bits per heavy atom. The van der Waals surface area contributed by atoms with Crippen molar-refractivity contribution in [3.63, 3.8) is 0 Å². The lowest BCUT2D eigenvalue weighted by Gasteiger charge is -2.06. The van der Waals surface area contributed by atoms with Crippen molar-refractivity contribution in [1.82, 2.24) is 14.8 Å². The van der Waals surface area contributed by atoms with E-state index in [9.17, 15) is 9.59 Å². The molecule has 7 nitrogen and oxygen atoms in total. The first-order chi connectivity index (χ1) is 16.7. The minimum atomic E-state index is -0.699. The molecule has 3 aromatic carbocycles. The highest BCUT2D eigenvalue weighted by atomic mass is 16.5. The number of esters is 1. The summed E-state index contributed by atoms with van der Waals surface area (Å²) >= 11 is 0. The van der Waals surface area contributed by atoms with Crippen LogP contribution < -0.4 is 10.4 Å². The summed E-state index contributed by atoms with van der Waals surface area (Å²) in [5, 5.41) is 5.31. The third-order valence-corrected chi connectivity index (χ3v) is 5.98. The highest BCUT2D eigenvalue weighted by molar-refractivity contribution is 5.89. The number of aryl methyl sites for hydroxylation is 1. The molecule has 0 amide bonds. The summed E-state index contributed by atoms with van der Waals surface area (Å²) in [5.74, 6) is 0.0164. The predicted octanol–water partition coefficient (Wildman–Crippen LogP) is 4.75. The number of hydrogen-bond acceptors (Lipinski definition) is 6. The molecule has 0 unspecified atom stereocenters. The van der Waals surface area contributed by atoms with Crippen molar-refractivity contribution in [1.29, 1.82) is 0 Å². The first kappa shape index (κ1) is 20.1. The van der Waals surface area contributed by atoms with Gasteiger partial charge in [-0.2, -0.15) is 0 Å². The molecule has 7 heteroatoms. The summed E-state index contributed by atoms with van der Waals surface area (Å²) < 4.78 is 12.7. The number of ether oxygens (including phenoxy) is 1. The van der Waals surface area contributed by atoms with E-state index < -0.39 is 5.97 Å². The summed E-state index contributed by atoms with van der Waals surface area (Å²) in [6.07, 6.45) is 2.53. The van der Waals surface area contributed by atoms with Gasteiger partial charge in [0.2, 0.25) is 0 Å². The second-order valence-electron chi connectivity index (χ2n) is 8.12. The van der Waals surface area contributed by atoms with E-state index in [1.54, 1.807) is 16.8 Å². The Labute approximate surface area is 194 Å². The molecule has 0 aliphatic heterocycles. The predicted molar refractivity (Wildman–Crippen MR) is 126 cm³/mol. The fourth-order valence-corrected chi connectivity index (χ4v) is 4.40. The minimum absolute atomic E-state index is 0.0711. The molecule has 0 radical (unpaired) electrons. The van der Waals surface area contributed by atoms with Crippen LogP contribution in [0.15, 0.2) is 88.1 Å². The van der Waals surface area contributed by atoms with Gasteiger partial charge in [-0.15, -0.1) is 5.10 Å². The molecule has 1 aliphatic carbocycles. The summed E-state index contributed by atoms with van der Waals surface area (Å²) in [7, 11) is 0. The van der Waals surface area contributed by atoms with E-state index in [-0.39, 0.29) is 17.2 Å². The molecular weight excluding hydrogens is 430 g/mol. The molecule has 0 spiro atoms. The molecule has 2 aromatic heterocycles. The minimum Gasteiger partial charge on any atom is -0.422 e. The summed E-state index contributed by atoms with van der Waals surface area (Å²) in [6, 6.07) is 24.1. The third kappa shape index (κ3) is 3.47. The smallest absolute Gasteiger partial charge is 0.383 e. The summed E-state index contributed by atoms with van der Waals surface area (Å²) in [4.78, 5) is 29.8. The van der Waals surface area contributed by atoms with E-state index in [1.165, 1.54) is 0 Å². The Morgan fingerprint density at radius 3 is 2.44 bits per heavy atom. The van der Waals surface area contributed by atoms with Gasteiger partial charge in [0.25, 0.3) is 5.82 Å². The number of fused-ring (bicyclic) bond motifs is 3. The Kier molecular flexibility index (Phi) is 4.80. The molecule has 1 aliphatic rings. The zero-order chi connectivity index (χ0) is 23.1. The van der Waals surface area contributed by atoms with Crippen LogP contribution in [0.2, 0.25) is 0 Å². The van der Waals surface area contributed by atoms with Gasteiger partial charge < -0.3 is 9.15 Å². The number of hydrogen-bond donors (Lipinski definition) is 0.